The van der Waals surface area contributed by atoms with Gasteiger partial charge in [0.25, 0.3) is 0 Å². The number of anilines is 1. The normalized spacial score (nSPS) is 21.9. The summed E-state index contributed by atoms with van der Waals surface area (Å²) >= 11 is 0. The molecule has 0 radical (unpaired) electrons. The van der Waals surface area contributed by atoms with E-state index in [1.807, 2.05) is 0 Å². The molecule has 0 aliphatic carbocycles. The van der Waals surface area contributed by atoms with Gasteiger partial charge in [0.15, 0.2) is 0 Å². The molecular weight excluding hydrogens is 206 g/mol. The van der Waals surface area contributed by atoms with Crippen molar-refractivity contribution in [3.8, 4) is 0 Å². The quantitative estimate of drug-likeness (QED) is 0.795. The number of rotatable bonds is 2. The topological polar surface area (TPSA) is 58.5 Å². The number of hydrogen-bond donors (Lipinski definition) is 1. The molecule has 88 valence electrons. The molecule has 1 N–H and O–H groups in total. The van der Waals surface area contributed by atoms with Gasteiger partial charge in [-0.25, -0.2) is 4.98 Å². The van der Waals surface area contributed by atoms with Crippen LogP contribution in [0.5, 0.6) is 0 Å². The lowest BCUT2D eigenvalue weighted by atomic mass is 10.3. The van der Waals surface area contributed by atoms with Gasteiger partial charge in [-0.2, -0.15) is 0 Å². The molecule has 0 bridgehead atoms. The van der Waals surface area contributed by atoms with Crippen molar-refractivity contribution in [1.29, 1.82) is 0 Å². The fourth-order valence-electron chi connectivity index (χ4n) is 1.83. The average molecular weight is 223 g/mol. The minimum absolute atomic E-state index is 0.0687. The van der Waals surface area contributed by atoms with Crippen LogP contribution in [-0.4, -0.2) is 40.9 Å². The molecule has 0 amide bonds. The maximum absolute atomic E-state index is 9.02. The Morgan fingerprint density at radius 3 is 3.25 bits per heavy atom. The standard InChI is InChI=1S/C11H17N3O2/c1-9-7-14(3-2-4-16-9)11-6-12-5-10(8-15)13-11/h5-6,9,15H,2-4,7-8H2,1H3. The maximum Gasteiger partial charge on any atom is 0.147 e. The number of ether oxygens (including phenoxy) is 1. The summed E-state index contributed by atoms with van der Waals surface area (Å²) in [5.74, 6) is 0.823. The molecule has 16 heavy (non-hydrogen) atoms. The highest BCUT2D eigenvalue weighted by atomic mass is 16.5. The van der Waals surface area contributed by atoms with E-state index in [2.05, 4.69) is 21.8 Å². The van der Waals surface area contributed by atoms with Crippen molar-refractivity contribution in [2.45, 2.75) is 26.1 Å². The number of aromatic nitrogens is 2. The van der Waals surface area contributed by atoms with E-state index in [9.17, 15) is 0 Å². The molecule has 0 saturated carbocycles. The molecule has 1 saturated heterocycles. The number of nitrogens with zero attached hydrogens (tertiary/aromatic N) is 3. The highest BCUT2D eigenvalue weighted by Gasteiger charge is 2.16. The van der Waals surface area contributed by atoms with E-state index in [0.29, 0.717) is 5.69 Å². The van der Waals surface area contributed by atoms with Crippen LogP contribution < -0.4 is 4.90 Å². The zero-order valence-electron chi connectivity index (χ0n) is 9.46. The van der Waals surface area contributed by atoms with Crippen LogP contribution in [-0.2, 0) is 11.3 Å². The molecule has 1 unspecified atom stereocenters. The zero-order valence-corrected chi connectivity index (χ0v) is 9.46. The van der Waals surface area contributed by atoms with Crippen molar-refractivity contribution < 1.29 is 9.84 Å². The van der Waals surface area contributed by atoms with E-state index >= 15 is 0 Å². The highest BCUT2D eigenvalue weighted by molar-refractivity contribution is 5.36. The van der Waals surface area contributed by atoms with Crippen LogP contribution in [0.3, 0.4) is 0 Å². The largest absolute Gasteiger partial charge is 0.390 e. The summed E-state index contributed by atoms with van der Waals surface area (Å²) < 4.78 is 5.57. The smallest absolute Gasteiger partial charge is 0.147 e. The first-order chi connectivity index (χ1) is 7.79. The van der Waals surface area contributed by atoms with Gasteiger partial charge in [0.1, 0.15) is 5.82 Å². The lowest BCUT2D eigenvalue weighted by molar-refractivity contribution is 0.0820. The Kier molecular flexibility index (Phi) is 3.69. The van der Waals surface area contributed by atoms with Gasteiger partial charge in [0.05, 0.1) is 30.8 Å². The fourth-order valence-corrected chi connectivity index (χ4v) is 1.83. The van der Waals surface area contributed by atoms with Crippen LogP contribution >= 0.6 is 0 Å². The highest BCUT2D eigenvalue weighted by Crippen LogP contribution is 2.14. The number of hydrogen-bond acceptors (Lipinski definition) is 5. The van der Waals surface area contributed by atoms with Gasteiger partial charge in [0.2, 0.25) is 0 Å². The van der Waals surface area contributed by atoms with Gasteiger partial charge in [-0.05, 0) is 13.3 Å². The first-order valence-corrected chi connectivity index (χ1v) is 5.58. The third kappa shape index (κ3) is 2.68. The van der Waals surface area contributed by atoms with Gasteiger partial charge in [-0.3, -0.25) is 4.98 Å². The minimum Gasteiger partial charge on any atom is -0.390 e. The Morgan fingerprint density at radius 2 is 2.44 bits per heavy atom. The molecule has 2 rings (SSSR count). The second kappa shape index (κ2) is 5.23. The fraction of sp³-hybridized carbons (Fsp3) is 0.636. The lowest BCUT2D eigenvalue weighted by Gasteiger charge is -2.22. The summed E-state index contributed by atoms with van der Waals surface area (Å²) in [7, 11) is 0. The molecule has 0 aromatic carbocycles. The molecular formula is C11H17N3O2. The van der Waals surface area contributed by atoms with Crippen molar-refractivity contribution in [1.82, 2.24) is 9.97 Å². The monoisotopic (exact) mass is 223 g/mol. The molecule has 1 atom stereocenters. The van der Waals surface area contributed by atoms with Gasteiger partial charge >= 0.3 is 0 Å². The van der Waals surface area contributed by atoms with Gasteiger partial charge in [0, 0.05) is 19.7 Å². The average Bonchev–Trinajstić information content (AvgIpc) is 2.54. The molecule has 5 nitrogen and oxygen atoms in total. The van der Waals surface area contributed by atoms with E-state index in [1.165, 1.54) is 0 Å². The van der Waals surface area contributed by atoms with Crippen LogP contribution in [0.25, 0.3) is 0 Å². The third-order valence-corrected chi connectivity index (χ3v) is 2.61. The van der Waals surface area contributed by atoms with Gasteiger partial charge < -0.3 is 14.7 Å². The molecule has 1 aromatic rings. The van der Waals surface area contributed by atoms with Crippen LogP contribution in [0.15, 0.2) is 12.4 Å². The summed E-state index contributed by atoms with van der Waals surface area (Å²) in [6, 6.07) is 0. The summed E-state index contributed by atoms with van der Waals surface area (Å²) in [5.41, 5.74) is 0.607. The molecule has 5 heteroatoms. The SMILES string of the molecule is CC1CN(c2cncc(CO)n2)CCCO1. The Bertz CT molecular complexity index is 346. The van der Waals surface area contributed by atoms with E-state index in [1.54, 1.807) is 12.4 Å². The number of aliphatic hydroxyl groups is 1. The maximum atomic E-state index is 9.02. The van der Waals surface area contributed by atoms with E-state index in [4.69, 9.17) is 9.84 Å². The first kappa shape index (κ1) is 11.3. The second-order valence-electron chi connectivity index (χ2n) is 4.01. The molecule has 1 aliphatic rings. The van der Waals surface area contributed by atoms with Crippen LogP contribution in [0.4, 0.5) is 5.82 Å². The Labute approximate surface area is 95.1 Å². The lowest BCUT2D eigenvalue weighted by Crippen LogP contribution is -2.31. The summed E-state index contributed by atoms with van der Waals surface area (Å²) in [6.45, 7) is 4.53. The van der Waals surface area contributed by atoms with Crippen molar-refractivity contribution in [3.63, 3.8) is 0 Å². The van der Waals surface area contributed by atoms with E-state index in [0.717, 1.165) is 31.9 Å². The van der Waals surface area contributed by atoms with Crippen LogP contribution in [0, 0.1) is 0 Å². The van der Waals surface area contributed by atoms with Crippen LogP contribution in [0.2, 0.25) is 0 Å². The summed E-state index contributed by atoms with van der Waals surface area (Å²) in [4.78, 5) is 10.6. The number of aliphatic hydroxyl groups excluding tert-OH is 1. The van der Waals surface area contributed by atoms with Crippen molar-refractivity contribution in [3.05, 3.63) is 18.1 Å². The third-order valence-electron chi connectivity index (χ3n) is 2.61. The molecule has 1 fully saturated rings. The molecule has 1 aromatic heterocycles. The predicted molar refractivity (Wildman–Crippen MR) is 60.2 cm³/mol. The van der Waals surface area contributed by atoms with Crippen molar-refractivity contribution >= 4 is 5.82 Å². The van der Waals surface area contributed by atoms with Gasteiger partial charge in [-0.15, -0.1) is 0 Å². The van der Waals surface area contributed by atoms with E-state index in [-0.39, 0.29) is 12.7 Å². The Hall–Kier alpha value is -1.20. The first-order valence-electron chi connectivity index (χ1n) is 5.58. The summed E-state index contributed by atoms with van der Waals surface area (Å²) in [5, 5.41) is 9.02. The Morgan fingerprint density at radius 1 is 1.56 bits per heavy atom. The van der Waals surface area contributed by atoms with Crippen molar-refractivity contribution in [2.24, 2.45) is 0 Å². The zero-order chi connectivity index (χ0) is 11.4. The molecule has 2 heterocycles. The molecule has 1 aliphatic heterocycles. The second-order valence-corrected chi connectivity index (χ2v) is 4.01. The Balaban J connectivity index is 2.14. The van der Waals surface area contributed by atoms with Crippen molar-refractivity contribution in [2.75, 3.05) is 24.6 Å². The minimum atomic E-state index is -0.0687. The van der Waals surface area contributed by atoms with Gasteiger partial charge in [-0.1, -0.05) is 0 Å². The molecule has 0 spiro atoms. The predicted octanol–water partition coefficient (Wildman–Crippen LogP) is 0.584. The van der Waals surface area contributed by atoms with E-state index < -0.39 is 0 Å². The van der Waals surface area contributed by atoms with Crippen LogP contribution in [0.1, 0.15) is 19.0 Å². The summed E-state index contributed by atoms with van der Waals surface area (Å²) in [6.07, 6.45) is 4.52.